The fourth-order valence-electron chi connectivity index (χ4n) is 3.50. The van der Waals surface area contributed by atoms with Crippen LogP contribution in [0.5, 0.6) is 0 Å². The molecule has 0 N–H and O–H groups in total. The SMILES string of the molecule is Brc1cnc(-c2ccc(N3CCOCC3)nc2)nc1C1CCCC1. The summed E-state index contributed by atoms with van der Waals surface area (Å²) >= 11 is 3.62. The van der Waals surface area contributed by atoms with E-state index >= 15 is 0 Å². The first-order valence-corrected chi connectivity index (χ1v) is 9.42. The minimum absolute atomic E-state index is 0.557. The highest BCUT2D eigenvalue weighted by molar-refractivity contribution is 9.10. The van der Waals surface area contributed by atoms with Crippen LogP contribution in [0.15, 0.2) is 29.0 Å². The van der Waals surface area contributed by atoms with Crippen LogP contribution in [0.3, 0.4) is 0 Å². The Kier molecular flexibility index (Phi) is 4.76. The van der Waals surface area contributed by atoms with Gasteiger partial charge in [0.05, 0.1) is 23.4 Å². The molecule has 0 atom stereocenters. The molecule has 126 valence electrons. The maximum absolute atomic E-state index is 5.39. The average molecular weight is 389 g/mol. The van der Waals surface area contributed by atoms with E-state index in [9.17, 15) is 0 Å². The van der Waals surface area contributed by atoms with Crippen molar-refractivity contribution in [2.75, 3.05) is 31.2 Å². The van der Waals surface area contributed by atoms with Crippen molar-refractivity contribution in [2.45, 2.75) is 31.6 Å². The molecule has 0 bridgehead atoms. The molecule has 2 aliphatic rings. The van der Waals surface area contributed by atoms with Crippen molar-refractivity contribution in [1.29, 1.82) is 0 Å². The number of hydrogen-bond donors (Lipinski definition) is 0. The molecule has 1 saturated heterocycles. The van der Waals surface area contributed by atoms with Gasteiger partial charge in [0.15, 0.2) is 5.82 Å². The van der Waals surface area contributed by atoms with Gasteiger partial charge in [0, 0.05) is 37.0 Å². The predicted octanol–water partition coefficient (Wildman–Crippen LogP) is 3.80. The maximum Gasteiger partial charge on any atom is 0.161 e. The Hall–Kier alpha value is -1.53. The highest BCUT2D eigenvalue weighted by Gasteiger charge is 2.22. The van der Waals surface area contributed by atoms with Crippen molar-refractivity contribution in [1.82, 2.24) is 15.0 Å². The quantitative estimate of drug-likeness (QED) is 0.800. The molecule has 0 aromatic carbocycles. The van der Waals surface area contributed by atoms with Crippen molar-refractivity contribution in [3.63, 3.8) is 0 Å². The Morgan fingerprint density at radius 3 is 2.54 bits per heavy atom. The van der Waals surface area contributed by atoms with Crippen molar-refractivity contribution >= 4 is 21.7 Å². The minimum Gasteiger partial charge on any atom is -0.378 e. The van der Waals surface area contributed by atoms with Crippen LogP contribution in [0.1, 0.15) is 37.3 Å². The standard InChI is InChI=1S/C18H21BrN4O/c19-15-12-21-18(22-17(15)13-3-1-2-4-13)14-5-6-16(20-11-14)23-7-9-24-10-8-23/h5-6,11-13H,1-4,7-10H2. The molecule has 2 aromatic rings. The van der Waals surface area contributed by atoms with Gasteiger partial charge in [-0.1, -0.05) is 12.8 Å². The van der Waals surface area contributed by atoms with Crippen LogP contribution in [0.25, 0.3) is 11.4 Å². The van der Waals surface area contributed by atoms with E-state index in [2.05, 4.69) is 42.9 Å². The number of anilines is 1. The first-order chi connectivity index (χ1) is 11.8. The Morgan fingerprint density at radius 1 is 1.04 bits per heavy atom. The van der Waals surface area contributed by atoms with E-state index < -0.39 is 0 Å². The lowest BCUT2D eigenvalue weighted by atomic mass is 10.0. The predicted molar refractivity (Wildman–Crippen MR) is 97.2 cm³/mol. The Labute approximate surface area is 150 Å². The summed E-state index contributed by atoms with van der Waals surface area (Å²) in [5.41, 5.74) is 2.12. The number of aromatic nitrogens is 3. The van der Waals surface area contributed by atoms with Gasteiger partial charge in [-0.3, -0.25) is 0 Å². The van der Waals surface area contributed by atoms with Crippen LogP contribution in [-0.2, 0) is 4.74 Å². The van der Waals surface area contributed by atoms with Crippen LogP contribution in [0.2, 0.25) is 0 Å². The molecule has 0 amide bonds. The zero-order valence-corrected chi connectivity index (χ0v) is 15.2. The molecule has 1 aliphatic heterocycles. The number of halogens is 1. The van der Waals surface area contributed by atoms with Gasteiger partial charge in [-0.05, 0) is 40.9 Å². The molecule has 3 heterocycles. The normalized spacial score (nSPS) is 19.0. The Balaban J connectivity index is 1.58. The van der Waals surface area contributed by atoms with Crippen molar-refractivity contribution in [3.05, 3.63) is 34.7 Å². The smallest absolute Gasteiger partial charge is 0.161 e. The number of ether oxygens (including phenoxy) is 1. The molecule has 0 spiro atoms. The largest absolute Gasteiger partial charge is 0.378 e. The van der Waals surface area contributed by atoms with Gasteiger partial charge in [-0.2, -0.15) is 0 Å². The molecule has 0 unspecified atom stereocenters. The number of rotatable bonds is 3. The van der Waals surface area contributed by atoms with Crippen LogP contribution < -0.4 is 4.90 Å². The molecule has 24 heavy (non-hydrogen) atoms. The zero-order chi connectivity index (χ0) is 16.4. The Morgan fingerprint density at radius 2 is 1.83 bits per heavy atom. The number of hydrogen-bond acceptors (Lipinski definition) is 5. The third kappa shape index (κ3) is 3.30. The summed E-state index contributed by atoms with van der Waals surface area (Å²) in [6.07, 6.45) is 8.81. The summed E-state index contributed by atoms with van der Waals surface area (Å²) in [5, 5.41) is 0. The van der Waals surface area contributed by atoms with E-state index in [1.54, 1.807) is 0 Å². The molecule has 2 fully saturated rings. The van der Waals surface area contributed by atoms with Crippen LogP contribution in [0.4, 0.5) is 5.82 Å². The maximum atomic E-state index is 5.39. The summed E-state index contributed by atoms with van der Waals surface area (Å²) in [6.45, 7) is 3.33. The van der Waals surface area contributed by atoms with E-state index in [4.69, 9.17) is 9.72 Å². The molecule has 0 radical (unpaired) electrons. The van der Waals surface area contributed by atoms with Gasteiger partial charge in [-0.25, -0.2) is 15.0 Å². The first kappa shape index (κ1) is 16.0. The van der Waals surface area contributed by atoms with Gasteiger partial charge >= 0.3 is 0 Å². The second-order valence-electron chi connectivity index (χ2n) is 6.41. The monoisotopic (exact) mass is 388 g/mol. The van der Waals surface area contributed by atoms with E-state index in [0.29, 0.717) is 5.92 Å². The molecule has 6 heteroatoms. The molecular formula is C18H21BrN4O. The van der Waals surface area contributed by atoms with Gasteiger partial charge in [0.1, 0.15) is 5.82 Å². The zero-order valence-electron chi connectivity index (χ0n) is 13.6. The summed E-state index contributed by atoms with van der Waals surface area (Å²) in [5.74, 6) is 2.32. The fraction of sp³-hybridized carbons (Fsp3) is 0.500. The molecule has 1 saturated carbocycles. The number of nitrogens with zero attached hydrogens (tertiary/aromatic N) is 4. The summed E-state index contributed by atoms with van der Waals surface area (Å²) < 4.78 is 6.42. The molecule has 4 rings (SSSR count). The average Bonchev–Trinajstić information content (AvgIpc) is 3.18. The highest BCUT2D eigenvalue weighted by atomic mass is 79.9. The Bertz CT molecular complexity index is 695. The third-order valence-corrected chi connectivity index (χ3v) is 5.47. The van der Waals surface area contributed by atoms with Crippen LogP contribution in [0, 0.1) is 0 Å². The van der Waals surface area contributed by atoms with Crippen molar-refractivity contribution in [3.8, 4) is 11.4 Å². The number of morpholine rings is 1. The topological polar surface area (TPSA) is 51.1 Å². The third-order valence-electron chi connectivity index (χ3n) is 4.85. The van der Waals surface area contributed by atoms with Crippen LogP contribution >= 0.6 is 15.9 Å². The van der Waals surface area contributed by atoms with Gasteiger partial charge in [-0.15, -0.1) is 0 Å². The van der Waals surface area contributed by atoms with Crippen molar-refractivity contribution in [2.24, 2.45) is 0 Å². The van der Waals surface area contributed by atoms with Gasteiger partial charge in [0.2, 0.25) is 0 Å². The van der Waals surface area contributed by atoms with E-state index in [-0.39, 0.29) is 0 Å². The summed E-state index contributed by atoms with van der Waals surface area (Å²) in [6, 6.07) is 4.13. The van der Waals surface area contributed by atoms with Crippen molar-refractivity contribution < 1.29 is 4.74 Å². The highest BCUT2D eigenvalue weighted by Crippen LogP contribution is 2.37. The molecular weight excluding hydrogens is 368 g/mol. The lowest BCUT2D eigenvalue weighted by Gasteiger charge is -2.27. The molecule has 1 aliphatic carbocycles. The molecule has 5 nitrogen and oxygen atoms in total. The first-order valence-electron chi connectivity index (χ1n) is 8.63. The lowest BCUT2D eigenvalue weighted by molar-refractivity contribution is 0.122. The second-order valence-corrected chi connectivity index (χ2v) is 7.27. The van der Waals surface area contributed by atoms with E-state index in [1.807, 2.05) is 12.4 Å². The number of pyridine rings is 1. The minimum atomic E-state index is 0.557. The van der Waals surface area contributed by atoms with Gasteiger partial charge in [0.25, 0.3) is 0 Å². The summed E-state index contributed by atoms with van der Waals surface area (Å²) in [7, 11) is 0. The van der Waals surface area contributed by atoms with Gasteiger partial charge < -0.3 is 9.64 Å². The van der Waals surface area contributed by atoms with E-state index in [0.717, 1.165) is 53.7 Å². The second kappa shape index (κ2) is 7.15. The van der Waals surface area contributed by atoms with E-state index in [1.165, 1.54) is 25.7 Å². The fourth-order valence-corrected chi connectivity index (χ4v) is 4.02. The van der Waals surface area contributed by atoms with Crippen LogP contribution in [-0.4, -0.2) is 41.3 Å². The summed E-state index contributed by atoms with van der Waals surface area (Å²) in [4.78, 5) is 16.2. The lowest BCUT2D eigenvalue weighted by Crippen LogP contribution is -2.36. The molecule has 2 aromatic heterocycles.